The molecule has 21 heavy (non-hydrogen) atoms. The van der Waals surface area contributed by atoms with Crippen LogP contribution in [0, 0.1) is 6.92 Å². The molecule has 0 aliphatic heterocycles. The number of anilines is 1. The summed E-state index contributed by atoms with van der Waals surface area (Å²) in [6, 6.07) is 9.69. The van der Waals surface area contributed by atoms with Crippen molar-refractivity contribution >= 4 is 23.1 Å². The molecule has 0 atom stereocenters. The molecule has 5 heteroatoms. The maximum atomic E-state index is 12.5. The number of thiophene rings is 1. The van der Waals surface area contributed by atoms with E-state index in [0.717, 1.165) is 16.8 Å². The van der Waals surface area contributed by atoms with Crippen molar-refractivity contribution in [2.45, 2.75) is 13.5 Å². The largest absolute Gasteiger partial charge is 0.383 e. The van der Waals surface area contributed by atoms with Crippen LogP contribution in [-0.2, 0) is 11.3 Å². The maximum Gasteiger partial charge on any atom is 0.322 e. The number of hydrogen-bond acceptors (Lipinski definition) is 3. The first kappa shape index (κ1) is 15.5. The molecule has 0 saturated heterocycles. The Morgan fingerprint density at radius 3 is 2.81 bits per heavy atom. The first-order valence-electron chi connectivity index (χ1n) is 6.82. The van der Waals surface area contributed by atoms with Crippen molar-refractivity contribution < 1.29 is 9.53 Å². The third-order valence-corrected chi connectivity index (χ3v) is 3.92. The number of amides is 2. The Morgan fingerprint density at radius 2 is 2.14 bits per heavy atom. The number of methoxy groups -OCH3 is 1. The summed E-state index contributed by atoms with van der Waals surface area (Å²) in [6.07, 6.45) is 0. The second-order valence-corrected chi connectivity index (χ2v) is 5.57. The summed E-state index contributed by atoms with van der Waals surface area (Å²) in [6.45, 7) is 3.65. The van der Waals surface area contributed by atoms with Gasteiger partial charge in [0.1, 0.15) is 0 Å². The molecule has 1 aromatic heterocycles. The maximum absolute atomic E-state index is 12.5. The number of para-hydroxylation sites is 1. The molecule has 2 aromatic rings. The highest BCUT2D eigenvalue weighted by molar-refractivity contribution is 7.07. The van der Waals surface area contributed by atoms with Crippen molar-refractivity contribution in [2.75, 3.05) is 25.6 Å². The number of nitrogens with zero attached hydrogens (tertiary/aromatic N) is 1. The number of carbonyl (C=O) groups excluding carboxylic acids is 1. The lowest BCUT2D eigenvalue weighted by Crippen LogP contribution is -2.36. The Balaban J connectivity index is 2.05. The van der Waals surface area contributed by atoms with E-state index in [4.69, 9.17) is 4.74 Å². The Labute approximate surface area is 129 Å². The van der Waals surface area contributed by atoms with Crippen molar-refractivity contribution in [3.8, 4) is 0 Å². The molecule has 0 unspecified atom stereocenters. The van der Waals surface area contributed by atoms with Crippen molar-refractivity contribution in [3.63, 3.8) is 0 Å². The van der Waals surface area contributed by atoms with Gasteiger partial charge in [0.15, 0.2) is 0 Å². The molecular weight excluding hydrogens is 284 g/mol. The van der Waals surface area contributed by atoms with Crippen LogP contribution in [-0.4, -0.2) is 31.2 Å². The third kappa shape index (κ3) is 4.58. The highest BCUT2D eigenvalue weighted by Gasteiger charge is 2.14. The first-order valence-corrected chi connectivity index (χ1v) is 7.76. The van der Waals surface area contributed by atoms with Gasteiger partial charge in [-0.25, -0.2) is 4.79 Å². The van der Waals surface area contributed by atoms with Crippen LogP contribution < -0.4 is 5.32 Å². The lowest BCUT2D eigenvalue weighted by molar-refractivity contribution is 0.153. The van der Waals surface area contributed by atoms with Gasteiger partial charge in [0, 0.05) is 25.9 Å². The number of nitrogens with one attached hydrogen (secondary N) is 1. The van der Waals surface area contributed by atoms with Crippen molar-refractivity contribution in [3.05, 3.63) is 52.2 Å². The Bertz CT molecular complexity index is 569. The minimum Gasteiger partial charge on any atom is -0.383 e. The molecule has 1 N–H and O–H groups in total. The fraction of sp³-hybridized carbons (Fsp3) is 0.312. The molecule has 2 rings (SSSR count). The molecule has 0 fully saturated rings. The Morgan fingerprint density at radius 1 is 1.33 bits per heavy atom. The molecule has 1 heterocycles. The highest BCUT2D eigenvalue weighted by Crippen LogP contribution is 2.15. The van der Waals surface area contributed by atoms with Crippen LogP contribution in [0.25, 0.3) is 0 Å². The van der Waals surface area contributed by atoms with Crippen LogP contribution in [0.1, 0.15) is 11.1 Å². The summed E-state index contributed by atoms with van der Waals surface area (Å²) in [4.78, 5) is 14.2. The second kappa shape index (κ2) is 7.81. The third-order valence-electron chi connectivity index (χ3n) is 3.19. The number of carbonyl (C=O) groups is 1. The Hall–Kier alpha value is -1.85. The lowest BCUT2D eigenvalue weighted by Gasteiger charge is -2.23. The van der Waals surface area contributed by atoms with E-state index in [0.29, 0.717) is 19.7 Å². The molecule has 0 spiro atoms. The number of benzene rings is 1. The Kier molecular flexibility index (Phi) is 5.78. The summed E-state index contributed by atoms with van der Waals surface area (Å²) in [5, 5.41) is 7.04. The smallest absolute Gasteiger partial charge is 0.322 e. The number of aryl methyl sites for hydroxylation is 1. The van der Waals surface area contributed by atoms with Crippen LogP contribution in [0.4, 0.5) is 10.5 Å². The predicted molar refractivity (Wildman–Crippen MR) is 86.8 cm³/mol. The van der Waals surface area contributed by atoms with Crippen molar-refractivity contribution in [2.24, 2.45) is 0 Å². The van der Waals surface area contributed by atoms with Crippen molar-refractivity contribution in [1.29, 1.82) is 0 Å². The van der Waals surface area contributed by atoms with E-state index in [1.807, 2.05) is 42.6 Å². The fourth-order valence-corrected chi connectivity index (χ4v) is 2.62. The standard InChI is InChI=1S/C16H20N2O2S/c1-13-5-3-4-6-15(13)17-16(19)18(8-9-20-2)11-14-7-10-21-12-14/h3-7,10,12H,8-9,11H2,1-2H3,(H,17,19). The van der Waals surface area contributed by atoms with Crippen LogP contribution in [0.5, 0.6) is 0 Å². The highest BCUT2D eigenvalue weighted by atomic mass is 32.1. The van der Waals surface area contributed by atoms with Gasteiger partial charge >= 0.3 is 6.03 Å². The number of rotatable bonds is 6. The zero-order chi connectivity index (χ0) is 15.1. The zero-order valence-corrected chi connectivity index (χ0v) is 13.2. The van der Waals surface area contributed by atoms with Gasteiger partial charge in [-0.05, 0) is 40.9 Å². The number of ether oxygens (including phenoxy) is 1. The normalized spacial score (nSPS) is 10.4. The zero-order valence-electron chi connectivity index (χ0n) is 12.3. The predicted octanol–water partition coefficient (Wildman–Crippen LogP) is 3.74. The lowest BCUT2D eigenvalue weighted by atomic mass is 10.2. The van der Waals surface area contributed by atoms with E-state index >= 15 is 0 Å². The van der Waals surface area contributed by atoms with Gasteiger partial charge < -0.3 is 15.0 Å². The van der Waals surface area contributed by atoms with Gasteiger partial charge in [-0.15, -0.1) is 0 Å². The summed E-state index contributed by atoms with van der Waals surface area (Å²) >= 11 is 1.63. The number of hydrogen-bond donors (Lipinski definition) is 1. The molecule has 0 aliphatic carbocycles. The van der Waals surface area contributed by atoms with Crippen LogP contribution >= 0.6 is 11.3 Å². The van der Waals surface area contributed by atoms with Gasteiger partial charge in [0.25, 0.3) is 0 Å². The minimum absolute atomic E-state index is 0.104. The molecular formula is C16H20N2O2S. The molecule has 1 aromatic carbocycles. The van der Waals surface area contributed by atoms with Crippen LogP contribution in [0.15, 0.2) is 41.1 Å². The van der Waals surface area contributed by atoms with E-state index in [9.17, 15) is 4.79 Å². The SMILES string of the molecule is COCCN(Cc1ccsc1)C(=O)Nc1ccccc1C. The average molecular weight is 304 g/mol. The number of urea groups is 1. The fourth-order valence-electron chi connectivity index (χ4n) is 1.96. The molecule has 112 valence electrons. The summed E-state index contributed by atoms with van der Waals surface area (Å²) in [5.41, 5.74) is 3.03. The molecule has 0 aliphatic rings. The summed E-state index contributed by atoms with van der Waals surface area (Å²) in [5.74, 6) is 0. The van der Waals surface area contributed by atoms with E-state index in [2.05, 4.69) is 10.7 Å². The van der Waals surface area contributed by atoms with E-state index in [1.165, 1.54) is 0 Å². The quantitative estimate of drug-likeness (QED) is 0.883. The van der Waals surface area contributed by atoms with Gasteiger partial charge in [-0.1, -0.05) is 18.2 Å². The molecule has 0 radical (unpaired) electrons. The molecule has 4 nitrogen and oxygen atoms in total. The first-order chi connectivity index (χ1) is 10.2. The van der Waals surface area contributed by atoms with E-state index < -0.39 is 0 Å². The second-order valence-electron chi connectivity index (χ2n) is 4.79. The summed E-state index contributed by atoms with van der Waals surface area (Å²) in [7, 11) is 1.64. The average Bonchev–Trinajstić information content (AvgIpc) is 2.98. The van der Waals surface area contributed by atoms with Gasteiger partial charge in [-0.2, -0.15) is 11.3 Å². The topological polar surface area (TPSA) is 41.6 Å². The summed E-state index contributed by atoms with van der Waals surface area (Å²) < 4.78 is 5.10. The monoisotopic (exact) mass is 304 g/mol. The van der Waals surface area contributed by atoms with E-state index in [1.54, 1.807) is 23.3 Å². The van der Waals surface area contributed by atoms with Gasteiger partial charge in [0.2, 0.25) is 0 Å². The van der Waals surface area contributed by atoms with Gasteiger partial charge in [-0.3, -0.25) is 0 Å². The minimum atomic E-state index is -0.104. The molecule has 2 amide bonds. The van der Waals surface area contributed by atoms with Crippen LogP contribution in [0.2, 0.25) is 0 Å². The molecule has 0 bridgehead atoms. The van der Waals surface area contributed by atoms with Crippen LogP contribution in [0.3, 0.4) is 0 Å². The van der Waals surface area contributed by atoms with E-state index in [-0.39, 0.29) is 6.03 Å². The van der Waals surface area contributed by atoms with Gasteiger partial charge in [0.05, 0.1) is 6.61 Å². The molecule has 0 saturated carbocycles. The van der Waals surface area contributed by atoms with Crippen molar-refractivity contribution in [1.82, 2.24) is 4.90 Å².